The molecule has 0 spiro atoms. The molecule has 0 fully saturated rings. The Bertz CT molecular complexity index is 1240. The fourth-order valence-electron chi connectivity index (χ4n) is 3.32. The van der Waals surface area contributed by atoms with E-state index in [9.17, 15) is 4.79 Å². The van der Waals surface area contributed by atoms with E-state index in [4.69, 9.17) is 18.6 Å². The van der Waals surface area contributed by atoms with Crippen molar-refractivity contribution in [1.29, 1.82) is 0 Å². The minimum atomic E-state index is -0.320. The van der Waals surface area contributed by atoms with E-state index in [1.54, 1.807) is 55.7 Å². The molecule has 0 bridgehead atoms. The summed E-state index contributed by atoms with van der Waals surface area (Å²) in [6.45, 7) is 0. The molecule has 0 aliphatic rings. The topological polar surface area (TPSA) is 87.8 Å². The number of furan rings is 1. The molecule has 168 valence electrons. The van der Waals surface area contributed by atoms with Gasteiger partial charge in [-0.1, -0.05) is 18.2 Å². The summed E-state index contributed by atoms with van der Waals surface area (Å²) in [4.78, 5) is 12.8. The largest absolute Gasteiger partial charge is 0.493 e. The van der Waals surface area contributed by atoms with Gasteiger partial charge >= 0.3 is 0 Å². The van der Waals surface area contributed by atoms with Gasteiger partial charge in [0.15, 0.2) is 11.5 Å². The zero-order chi connectivity index (χ0) is 23.2. The first kappa shape index (κ1) is 21.8. The molecule has 1 N–H and O–H groups in total. The van der Waals surface area contributed by atoms with Crippen LogP contribution in [0.2, 0.25) is 0 Å². The Morgan fingerprint density at radius 2 is 1.73 bits per heavy atom. The van der Waals surface area contributed by atoms with Gasteiger partial charge in [0.05, 0.1) is 45.2 Å². The standard InChI is InChI=1S/C25H23N3O5/c1-30-21-13-17(14-22(31-2)25(21)32-3)9-10-24(29)26-23-15-20(18-11-12-33-16-18)27-28(23)19-7-5-4-6-8-19/h4-16H,1-3H3,(H,26,29). The molecule has 4 aromatic rings. The fourth-order valence-corrected chi connectivity index (χ4v) is 3.32. The lowest BCUT2D eigenvalue weighted by atomic mass is 10.1. The van der Waals surface area contributed by atoms with Crippen LogP contribution in [0, 0.1) is 0 Å². The van der Waals surface area contributed by atoms with Gasteiger partial charge in [-0.25, -0.2) is 4.68 Å². The summed E-state index contributed by atoms with van der Waals surface area (Å²) in [6, 6.07) is 16.7. The molecule has 2 heterocycles. The molecule has 8 nitrogen and oxygen atoms in total. The second kappa shape index (κ2) is 9.78. The number of hydrogen-bond donors (Lipinski definition) is 1. The van der Waals surface area contributed by atoms with Crippen LogP contribution in [0.25, 0.3) is 23.0 Å². The van der Waals surface area contributed by atoms with Crippen molar-refractivity contribution in [2.75, 3.05) is 26.6 Å². The zero-order valence-corrected chi connectivity index (χ0v) is 18.4. The Balaban J connectivity index is 1.61. The van der Waals surface area contributed by atoms with Crippen LogP contribution < -0.4 is 19.5 Å². The number of nitrogens with one attached hydrogen (secondary N) is 1. The van der Waals surface area contributed by atoms with Crippen LogP contribution in [-0.2, 0) is 4.79 Å². The van der Waals surface area contributed by atoms with Crippen LogP contribution in [0.15, 0.2) is 77.6 Å². The average molecular weight is 445 g/mol. The van der Waals surface area contributed by atoms with Gasteiger partial charge in [-0.05, 0) is 42.0 Å². The van der Waals surface area contributed by atoms with E-state index < -0.39 is 0 Å². The first-order valence-corrected chi connectivity index (χ1v) is 10.1. The van der Waals surface area contributed by atoms with Crippen LogP contribution >= 0.6 is 0 Å². The number of nitrogens with zero attached hydrogens (tertiary/aromatic N) is 2. The minimum Gasteiger partial charge on any atom is -0.493 e. The van der Waals surface area contributed by atoms with E-state index in [0.717, 1.165) is 16.8 Å². The van der Waals surface area contributed by atoms with E-state index in [0.29, 0.717) is 28.8 Å². The highest BCUT2D eigenvalue weighted by Crippen LogP contribution is 2.38. The van der Waals surface area contributed by atoms with Crippen molar-refractivity contribution in [3.8, 4) is 34.2 Å². The molecule has 0 saturated heterocycles. The molecule has 0 unspecified atom stereocenters. The van der Waals surface area contributed by atoms with Crippen molar-refractivity contribution in [2.45, 2.75) is 0 Å². The van der Waals surface area contributed by atoms with Crippen molar-refractivity contribution in [1.82, 2.24) is 9.78 Å². The van der Waals surface area contributed by atoms with E-state index in [-0.39, 0.29) is 5.91 Å². The van der Waals surface area contributed by atoms with Crippen LogP contribution in [0.1, 0.15) is 5.56 Å². The summed E-state index contributed by atoms with van der Waals surface area (Å²) in [5.74, 6) is 1.70. The molecule has 2 aromatic carbocycles. The highest BCUT2D eigenvalue weighted by molar-refractivity contribution is 6.02. The van der Waals surface area contributed by atoms with Gasteiger partial charge in [0, 0.05) is 17.7 Å². The summed E-state index contributed by atoms with van der Waals surface area (Å²) >= 11 is 0. The summed E-state index contributed by atoms with van der Waals surface area (Å²) in [7, 11) is 4.62. The van der Waals surface area contributed by atoms with E-state index in [2.05, 4.69) is 10.4 Å². The number of para-hydroxylation sites is 1. The van der Waals surface area contributed by atoms with Crippen LogP contribution in [0.5, 0.6) is 17.2 Å². The molecule has 2 aromatic heterocycles. The van der Waals surface area contributed by atoms with E-state index in [1.165, 1.54) is 13.2 Å². The Morgan fingerprint density at radius 3 is 2.33 bits per heavy atom. The van der Waals surface area contributed by atoms with Crippen LogP contribution in [-0.4, -0.2) is 37.0 Å². The number of ether oxygens (including phenoxy) is 3. The SMILES string of the molecule is COc1cc(C=CC(=O)Nc2cc(-c3ccoc3)nn2-c2ccccc2)cc(OC)c1OC. The normalized spacial score (nSPS) is 10.9. The fraction of sp³-hybridized carbons (Fsp3) is 0.120. The summed E-state index contributed by atoms with van der Waals surface area (Å²) in [5.41, 5.74) is 3.02. The number of benzene rings is 2. The molecule has 1 amide bonds. The maximum atomic E-state index is 12.8. The van der Waals surface area contributed by atoms with Crippen molar-refractivity contribution in [2.24, 2.45) is 0 Å². The van der Waals surface area contributed by atoms with Gasteiger partial charge in [-0.3, -0.25) is 4.79 Å². The molecular formula is C25H23N3O5. The van der Waals surface area contributed by atoms with Crippen molar-refractivity contribution < 1.29 is 23.4 Å². The summed E-state index contributed by atoms with van der Waals surface area (Å²) in [6.07, 6.45) is 6.28. The summed E-state index contributed by atoms with van der Waals surface area (Å²) < 4.78 is 22.9. The van der Waals surface area contributed by atoms with Crippen LogP contribution in [0.3, 0.4) is 0 Å². The third-order valence-corrected chi connectivity index (χ3v) is 4.89. The predicted octanol–water partition coefficient (Wildman–Crippen LogP) is 4.81. The minimum absolute atomic E-state index is 0.320. The van der Waals surface area contributed by atoms with E-state index >= 15 is 0 Å². The number of carbonyl (C=O) groups excluding carboxylic acids is 1. The zero-order valence-electron chi connectivity index (χ0n) is 18.4. The molecule has 0 saturated carbocycles. The van der Waals surface area contributed by atoms with Gasteiger partial charge < -0.3 is 23.9 Å². The van der Waals surface area contributed by atoms with Gasteiger partial charge in [0.25, 0.3) is 0 Å². The lowest BCUT2D eigenvalue weighted by Crippen LogP contribution is -2.12. The number of anilines is 1. The van der Waals surface area contributed by atoms with Gasteiger partial charge in [-0.2, -0.15) is 5.10 Å². The number of carbonyl (C=O) groups is 1. The lowest BCUT2D eigenvalue weighted by Gasteiger charge is -2.12. The summed E-state index contributed by atoms with van der Waals surface area (Å²) in [5, 5.41) is 7.53. The monoisotopic (exact) mass is 445 g/mol. The molecule has 0 aliphatic heterocycles. The number of methoxy groups -OCH3 is 3. The quantitative estimate of drug-likeness (QED) is 0.392. The molecule has 33 heavy (non-hydrogen) atoms. The number of amides is 1. The predicted molar refractivity (Wildman–Crippen MR) is 125 cm³/mol. The Kier molecular flexibility index (Phi) is 6.45. The highest BCUT2D eigenvalue weighted by atomic mass is 16.5. The smallest absolute Gasteiger partial charge is 0.249 e. The third kappa shape index (κ3) is 4.74. The molecule has 4 rings (SSSR count). The van der Waals surface area contributed by atoms with Gasteiger partial charge in [0.2, 0.25) is 11.7 Å². The Morgan fingerprint density at radius 1 is 1.00 bits per heavy atom. The first-order valence-electron chi connectivity index (χ1n) is 10.1. The Labute approximate surface area is 191 Å². The van der Waals surface area contributed by atoms with Crippen molar-refractivity contribution in [3.63, 3.8) is 0 Å². The first-order chi connectivity index (χ1) is 16.1. The third-order valence-electron chi connectivity index (χ3n) is 4.89. The molecule has 0 radical (unpaired) electrons. The van der Waals surface area contributed by atoms with Gasteiger partial charge in [0.1, 0.15) is 5.82 Å². The maximum Gasteiger partial charge on any atom is 0.249 e. The molecule has 8 heteroatoms. The molecule has 0 aliphatic carbocycles. The van der Waals surface area contributed by atoms with E-state index in [1.807, 2.05) is 36.4 Å². The maximum absolute atomic E-state index is 12.8. The number of rotatable bonds is 8. The van der Waals surface area contributed by atoms with Crippen LogP contribution in [0.4, 0.5) is 5.82 Å². The average Bonchev–Trinajstić information content (AvgIpc) is 3.53. The molecular weight excluding hydrogens is 422 g/mol. The van der Waals surface area contributed by atoms with Crippen molar-refractivity contribution >= 4 is 17.8 Å². The number of aromatic nitrogens is 2. The second-order valence-corrected chi connectivity index (χ2v) is 6.96. The van der Waals surface area contributed by atoms with Crippen molar-refractivity contribution in [3.05, 3.63) is 78.8 Å². The molecule has 0 atom stereocenters. The number of hydrogen-bond acceptors (Lipinski definition) is 6. The Hall–Kier alpha value is -4.46. The second-order valence-electron chi connectivity index (χ2n) is 6.96. The lowest BCUT2D eigenvalue weighted by molar-refractivity contribution is -0.111. The highest BCUT2D eigenvalue weighted by Gasteiger charge is 2.15. The van der Waals surface area contributed by atoms with Gasteiger partial charge in [-0.15, -0.1) is 0 Å².